The lowest BCUT2D eigenvalue weighted by molar-refractivity contribution is 0.0639. The van der Waals surface area contributed by atoms with E-state index in [0.29, 0.717) is 0 Å². The Kier molecular flexibility index (Phi) is 7.43. The lowest BCUT2D eigenvalue weighted by atomic mass is 9.97. The Labute approximate surface area is 162 Å². The molecule has 4 rings (SSSR count). The molecule has 0 aliphatic carbocycles. The number of aromatic amines is 1. The Morgan fingerprint density at radius 2 is 1.78 bits per heavy atom. The summed E-state index contributed by atoms with van der Waals surface area (Å²) in [5.41, 5.74) is 5.88. The molecule has 1 aliphatic heterocycles. The van der Waals surface area contributed by atoms with E-state index in [4.69, 9.17) is 4.74 Å². The molecule has 2 N–H and O–H groups in total. The van der Waals surface area contributed by atoms with Crippen LogP contribution >= 0.6 is 0 Å². The van der Waals surface area contributed by atoms with E-state index in [1.54, 1.807) is 6.33 Å². The number of nitrogens with zero attached hydrogens (tertiary/aromatic N) is 1. The maximum absolute atomic E-state index is 5.42. The molecule has 144 valence electrons. The summed E-state index contributed by atoms with van der Waals surface area (Å²) in [5.74, 6) is 0.834. The minimum Gasteiger partial charge on any atom is -0.381 e. The molecule has 1 saturated heterocycles. The van der Waals surface area contributed by atoms with Crippen LogP contribution in [0.15, 0.2) is 48.8 Å². The summed E-state index contributed by atoms with van der Waals surface area (Å²) in [6, 6.07) is 15.2. The van der Waals surface area contributed by atoms with Crippen LogP contribution in [0, 0.1) is 5.92 Å². The highest BCUT2D eigenvalue weighted by molar-refractivity contribution is 5.81. The van der Waals surface area contributed by atoms with E-state index in [1.165, 1.54) is 36.0 Å². The first kappa shape index (κ1) is 19.6. The molecule has 0 atom stereocenters. The van der Waals surface area contributed by atoms with Gasteiger partial charge in [-0.05, 0) is 60.5 Å². The van der Waals surface area contributed by atoms with Crippen LogP contribution in [0.1, 0.15) is 38.7 Å². The van der Waals surface area contributed by atoms with Crippen LogP contribution in [-0.2, 0) is 11.3 Å². The third-order valence-electron chi connectivity index (χ3n) is 5.11. The van der Waals surface area contributed by atoms with Crippen molar-refractivity contribution in [1.82, 2.24) is 15.3 Å². The molecule has 3 aromatic rings. The van der Waals surface area contributed by atoms with Crippen LogP contribution < -0.4 is 5.32 Å². The van der Waals surface area contributed by atoms with Crippen LogP contribution in [-0.4, -0.2) is 29.7 Å². The van der Waals surface area contributed by atoms with Gasteiger partial charge in [-0.3, -0.25) is 0 Å². The van der Waals surface area contributed by atoms with Gasteiger partial charge in [0.1, 0.15) is 0 Å². The van der Waals surface area contributed by atoms with Gasteiger partial charge in [0.05, 0.1) is 17.4 Å². The second-order valence-corrected chi connectivity index (χ2v) is 6.85. The number of benzene rings is 2. The highest BCUT2D eigenvalue weighted by atomic mass is 16.5. The Balaban J connectivity index is 0.00000102. The first-order valence-electron chi connectivity index (χ1n) is 10.2. The van der Waals surface area contributed by atoms with Crippen molar-refractivity contribution in [2.24, 2.45) is 5.92 Å². The fourth-order valence-corrected chi connectivity index (χ4v) is 3.50. The van der Waals surface area contributed by atoms with E-state index < -0.39 is 0 Å². The molecule has 4 heteroatoms. The van der Waals surface area contributed by atoms with Crippen molar-refractivity contribution in [3.05, 3.63) is 54.4 Å². The van der Waals surface area contributed by atoms with Crippen molar-refractivity contribution in [2.75, 3.05) is 19.8 Å². The van der Waals surface area contributed by atoms with Gasteiger partial charge in [0.25, 0.3) is 0 Å². The van der Waals surface area contributed by atoms with Crippen molar-refractivity contribution >= 4 is 11.0 Å². The average molecular weight is 366 g/mol. The number of H-pyrrole nitrogens is 1. The zero-order chi connectivity index (χ0) is 18.9. The summed E-state index contributed by atoms with van der Waals surface area (Å²) < 4.78 is 5.42. The van der Waals surface area contributed by atoms with Gasteiger partial charge in [-0.25, -0.2) is 4.98 Å². The molecule has 0 saturated carbocycles. The van der Waals surface area contributed by atoms with E-state index in [0.717, 1.165) is 43.3 Å². The van der Waals surface area contributed by atoms with Crippen LogP contribution in [0.4, 0.5) is 0 Å². The molecule has 0 radical (unpaired) electrons. The van der Waals surface area contributed by atoms with Crippen LogP contribution in [0.3, 0.4) is 0 Å². The zero-order valence-corrected chi connectivity index (χ0v) is 16.5. The van der Waals surface area contributed by atoms with Gasteiger partial charge in [0, 0.05) is 19.8 Å². The third kappa shape index (κ3) is 5.41. The Hall–Kier alpha value is -2.17. The normalized spacial score (nSPS) is 14.7. The minimum atomic E-state index is 0.834. The monoisotopic (exact) mass is 365 g/mol. The molecule has 1 aliphatic rings. The molecular formula is C23H31N3O. The van der Waals surface area contributed by atoms with E-state index in [-0.39, 0.29) is 0 Å². The third-order valence-corrected chi connectivity index (χ3v) is 5.11. The average Bonchev–Trinajstić information content (AvgIpc) is 3.22. The molecule has 2 aromatic carbocycles. The molecule has 4 nitrogen and oxygen atoms in total. The van der Waals surface area contributed by atoms with Gasteiger partial charge in [-0.2, -0.15) is 0 Å². The van der Waals surface area contributed by atoms with Gasteiger partial charge in [-0.15, -0.1) is 0 Å². The van der Waals surface area contributed by atoms with Crippen molar-refractivity contribution < 1.29 is 4.74 Å². The van der Waals surface area contributed by atoms with Gasteiger partial charge in [0.2, 0.25) is 0 Å². The van der Waals surface area contributed by atoms with Gasteiger partial charge in [-0.1, -0.05) is 44.2 Å². The number of ether oxygens (including phenoxy) is 1. The van der Waals surface area contributed by atoms with Crippen molar-refractivity contribution in [3.63, 3.8) is 0 Å². The SMILES string of the molecule is CC.c1nc2ccc(-c3ccc(CNCCC4CCOCC4)cc3)cc2[nH]1. The standard InChI is InChI=1S/C21H25N3O.C2H6/c1-3-18(19-5-6-20-21(13-19)24-15-23-20)4-2-17(1)14-22-10-7-16-8-11-25-12-9-16;1-2/h1-6,13,15-16,22H,7-12,14H2,(H,23,24);1-2H3. The van der Waals surface area contributed by atoms with Crippen LogP contribution in [0.25, 0.3) is 22.2 Å². The van der Waals surface area contributed by atoms with E-state index >= 15 is 0 Å². The number of hydrogen-bond donors (Lipinski definition) is 2. The van der Waals surface area contributed by atoms with Crippen LogP contribution in [0.5, 0.6) is 0 Å². The number of imidazole rings is 1. The molecule has 0 amide bonds. The topological polar surface area (TPSA) is 49.9 Å². The van der Waals surface area contributed by atoms with E-state index in [9.17, 15) is 0 Å². The fraction of sp³-hybridized carbons (Fsp3) is 0.435. The second-order valence-electron chi connectivity index (χ2n) is 6.85. The smallest absolute Gasteiger partial charge is 0.0931 e. The summed E-state index contributed by atoms with van der Waals surface area (Å²) in [6.07, 6.45) is 5.43. The highest BCUT2D eigenvalue weighted by Gasteiger charge is 2.12. The first-order valence-corrected chi connectivity index (χ1v) is 10.2. The molecule has 0 bridgehead atoms. The summed E-state index contributed by atoms with van der Waals surface area (Å²) >= 11 is 0. The molecule has 0 spiro atoms. The predicted molar refractivity (Wildman–Crippen MR) is 113 cm³/mol. The van der Waals surface area contributed by atoms with E-state index in [1.807, 2.05) is 13.8 Å². The quantitative estimate of drug-likeness (QED) is 0.593. The highest BCUT2D eigenvalue weighted by Crippen LogP contribution is 2.23. The molecule has 2 heterocycles. The maximum atomic E-state index is 5.42. The lowest BCUT2D eigenvalue weighted by Crippen LogP contribution is -2.22. The number of fused-ring (bicyclic) bond motifs is 1. The minimum absolute atomic E-state index is 0.834. The maximum Gasteiger partial charge on any atom is 0.0931 e. The molecule has 0 unspecified atom stereocenters. The number of aromatic nitrogens is 2. The van der Waals surface area contributed by atoms with Gasteiger partial charge in [0.15, 0.2) is 0 Å². The zero-order valence-electron chi connectivity index (χ0n) is 16.5. The molecule has 1 fully saturated rings. The summed E-state index contributed by atoms with van der Waals surface area (Å²) in [4.78, 5) is 7.45. The predicted octanol–water partition coefficient (Wildman–Crippen LogP) is 5.16. The van der Waals surface area contributed by atoms with Crippen molar-refractivity contribution in [1.29, 1.82) is 0 Å². The summed E-state index contributed by atoms with van der Waals surface area (Å²) in [5, 5.41) is 3.57. The van der Waals surface area contributed by atoms with Crippen molar-refractivity contribution in [2.45, 2.75) is 39.7 Å². The van der Waals surface area contributed by atoms with Crippen LogP contribution in [0.2, 0.25) is 0 Å². The molecular weight excluding hydrogens is 334 g/mol. The summed E-state index contributed by atoms with van der Waals surface area (Å²) in [6.45, 7) is 7.90. The Bertz CT molecular complexity index is 804. The van der Waals surface area contributed by atoms with Gasteiger partial charge >= 0.3 is 0 Å². The molecule has 1 aromatic heterocycles. The first-order chi connectivity index (χ1) is 13.4. The Morgan fingerprint density at radius 1 is 1.04 bits per heavy atom. The summed E-state index contributed by atoms with van der Waals surface area (Å²) in [7, 11) is 0. The van der Waals surface area contributed by atoms with E-state index in [2.05, 4.69) is 57.7 Å². The second kappa shape index (κ2) is 10.2. The Morgan fingerprint density at radius 3 is 2.56 bits per heavy atom. The fourth-order valence-electron chi connectivity index (χ4n) is 3.50. The largest absolute Gasteiger partial charge is 0.381 e. The number of rotatable bonds is 6. The molecule has 27 heavy (non-hydrogen) atoms. The number of nitrogens with one attached hydrogen (secondary N) is 2. The lowest BCUT2D eigenvalue weighted by Gasteiger charge is -2.21. The number of hydrogen-bond acceptors (Lipinski definition) is 3. The van der Waals surface area contributed by atoms with Crippen molar-refractivity contribution in [3.8, 4) is 11.1 Å². The van der Waals surface area contributed by atoms with Gasteiger partial charge < -0.3 is 15.0 Å².